The Balaban J connectivity index is 2.63. The molecule has 0 spiro atoms. The van der Waals surface area contributed by atoms with Gasteiger partial charge in [0.1, 0.15) is 36.6 Å². The molecule has 0 aromatic carbocycles. The zero-order valence-electron chi connectivity index (χ0n) is 31.3. The van der Waals surface area contributed by atoms with Crippen molar-refractivity contribution in [3.63, 3.8) is 0 Å². The maximum Gasteiger partial charge on any atom is 0.472 e. The lowest BCUT2D eigenvalue weighted by Crippen LogP contribution is -2.64. The van der Waals surface area contributed by atoms with Gasteiger partial charge in [-0.3, -0.25) is 13.8 Å². The molecule has 51 heavy (non-hydrogen) atoms. The van der Waals surface area contributed by atoms with Gasteiger partial charge in [-0.25, -0.2) is 4.57 Å². The highest BCUT2D eigenvalue weighted by Gasteiger charge is 2.51. The van der Waals surface area contributed by atoms with Gasteiger partial charge in [-0.05, 0) is 19.3 Å². The molecule has 0 aromatic rings. The Bertz CT molecular complexity index is 943. The third kappa shape index (κ3) is 21.5. The van der Waals surface area contributed by atoms with E-state index < -0.39 is 75.2 Å². The normalized spacial score (nSPS) is 25.5. The smallest absolute Gasteiger partial charge is 0.393 e. The Morgan fingerprint density at radius 3 is 1.61 bits per heavy atom. The summed E-state index contributed by atoms with van der Waals surface area (Å²) in [5, 5.41) is 73.9. The van der Waals surface area contributed by atoms with E-state index in [0.717, 1.165) is 44.9 Å². The molecule has 0 saturated heterocycles. The number of aliphatic hydroxyl groups is 7. The fourth-order valence-electron chi connectivity index (χ4n) is 6.30. The van der Waals surface area contributed by atoms with Gasteiger partial charge in [0.2, 0.25) is 5.91 Å². The highest BCUT2D eigenvalue weighted by molar-refractivity contribution is 7.47. The molecule has 0 aromatic heterocycles. The summed E-state index contributed by atoms with van der Waals surface area (Å²) in [6.45, 7) is 3.65. The van der Waals surface area contributed by atoms with Gasteiger partial charge in [-0.2, -0.15) is 0 Å². The maximum absolute atomic E-state index is 12.9. The van der Waals surface area contributed by atoms with Crippen LogP contribution in [0.5, 0.6) is 0 Å². The van der Waals surface area contributed by atoms with Crippen molar-refractivity contribution in [3.05, 3.63) is 12.2 Å². The maximum atomic E-state index is 12.9. The molecule has 1 saturated carbocycles. The minimum atomic E-state index is -5.12. The molecule has 14 heteroatoms. The van der Waals surface area contributed by atoms with E-state index in [-0.39, 0.29) is 6.42 Å². The molecule has 13 nitrogen and oxygen atoms in total. The Hall–Kier alpha value is -0.960. The van der Waals surface area contributed by atoms with Crippen LogP contribution in [0.3, 0.4) is 0 Å². The van der Waals surface area contributed by atoms with Crippen LogP contribution in [0.2, 0.25) is 0 Å². The lowest BCUT2D eigenvalue weighted by molar-refractivity contribution is -0.220. The number of amides is 1. The van der Waals surface area contributed by atoms with E-state index in [4.69, 9.17) is 9.05 Å². The third-order valence-corrected chi connectivity index (χ3v) is 10.6. The molecular weight excluding hydrogens is 681 g/mol. The SMILES string of the molecule is CCCCCCCCC/C=C/C(O)C(COP(=O)(O)OC1C(O)C(O)C(O)C(O)C1O)NC(=O)CC(O)CCCCCCCCCCCCCC. The summed E-state index contributed by atoms with van der Waals surface area (Å²) in [5.41, 5.74) is 0. The van der Waals surface area contributed by atoms with Crippen molar-refractivity contribution < 1.29 is 59.0 Å². The molecular formula is C37H72NO12P. The van der Waals surface area contributed by atoms with Gasteiger partial charge in [0.15, 0.2) is 0 Å². The van der Waals surface area contributed by atoms with Gasteiger partial charge < -0.3 is 46.0 Å². The third-order valence-electron chi connectivity index (χ3n) is 9.62. The van der Waals surface area contributed by atoms with Crippen molar-refractivity contribution >= 4 is 13.7 Å². The molecule has 9 N–H and O–H groups in total. The molecule has 8 atom stereocenters. The van der Waals surface area contributed by atoms with Crippen LogP contribution < -0.4 is 5.32 Å². The van der Waals surface area contributed by atoms with E-state index >= 15 is 0 Å². The lowest BCUT2D eigenvalue weighted by Gasteiger charge is -2.41. The number of allylic oxidation sites excluding steroid dienone is 1. The first kappa shape index (κ1) is 48.1. The van der Waals surface area contributed by atoms with Crippen LogP contribution in [0.15, 0.2) is 12.2 Å². The lowest BCUT2D eigenvalue weighted by atomic mass is 9.85. The van der Waals surface area contributed by atoms with Gasteiger partial charge in [0.25, 0.3) is 0 Å². The number of phosphoric ester groups is 1. The van der Waals surface area contributed by atoms with Crippen LogP contribution in [0.25, 0.3) is 0 Å². The molecule has 0 aliphatic heterocycles. The molecule has 0 radical (unpaired) electrons. The van der Waals surface area contributed by atoms with E-state index in [0.29, 0.717) is 12.8 Å². The Kier molecular flexibility index (Phi) is 26.8. The van der Waals surface area contributed by atoms with Gasteiger partial charge in [0, 0.05) is 0 Å². The van der Waals surface area contributed by atoms with E-state index in [1.807, 2.05) is 0 Å². The van der Waals surface area contributed by atoms with Crippen LogP contribution in [-0.2, 0) is 18.4 Å². The average molecular weight is 754 g/mol. The number of nitrogens with one attached hydrogen (secondary N) is 1. The quantitative estimate of drug-likeness (QED) is 0.0267. The molecule has 8 unspecified atom stereocenters. The van der Waals surface area contributed by atoms with Crippen molar-refractivity contribution in [2.75, 3.05) is 6.61 Å². The van der Waals surface area contributed by atoms with Crippen LogP contribution in [0.4, 0.5) is 0 Å². The summed E-state index contributed by atoms with van der Waals surface area (Å²) < 4.78 is 22.7. The molecule has 1 amide bonds. The summed E-state index contributed by atoms with van der Waals surface area (Å²) in [4.78, 5) is 23.2. The summed E-state index contributed by atoms with van der Waals surface area (Å²) in [5.74, 6) is -0.596. The van der Waals surface area contributed by atoms with E-state index in [9.17, 15) is 50.0 Å². The van der Waals surface area contributed by atoms with E-state index in [2.05, 4.69) is 19.2 Å². The fourth-order valence-corrected chi connectivity index (χ4v) is 7.26. The monoisotopic (exact) mass is 753 g/mol. The summed E-state index contributed by atoms with van der Waals surface area (Å²) in [7, 11) is -5.12. The van der Waals surface area contributed by atoms with Crippen LogP contribution in [0.1, 0.15) is 155 Å². The number of hydrogen-bond donors (Lipinski definition) is 9. The average Bonchev–Trinajstić information content (AvgIpc) is 3.09. The highest BCUT2D eigenvalue weighted by atomic mass is 31.2. The van der Waals surface area contributed by atoms with Crippen LogP contribution in [-0.4, -0.2) is 108 Å². The zero-order chi connectivity index (χ0) is 38.1. The largest absolute Gasteiger partial charge is 0.472 e. The Labute approximate surface area is 306 Å². The Morgan fingerprint density at radius 1 is 0.686 bits per heavy atom. The van der Waals surface area contributed by atoms with Gasteiger partial charge in [-0.15, -0.1) is 0 Å². The summed E-state index contributed by atoms with van der Waals surface area (Å²) in [6, 6.07) is -1.23. The van der Waals surface area contributed by atoms with Crippen molar-refractivity contribution in [2.24, 2.45) is 0 Å². The minimum Gasteiger partial charge on any atom is -0.393 e. The van der Waals surface area contributed by atoms with Gasteiger partial charge in [0.05, 0.1) is 31.3 Å². The molecule has 302 valence electrons. The second-order valence-electron chi connectivity index (χ2n) is 14.3. The molecule has 0 bridgehead atoms. The second-order valence-corrected chi connectivity index (χ2v) is 15.7. The van der Waals surface area contributed by atoms with Crippen molar-refractivity contribution in [3.8, 4) is 0 Å². The first-order valence-electron chi connectivity index (χ1n) is 19.7. The number of carbonyl (C=O) groups is 1. The fraction of sp³-hybridized carbons (Fsp3) is 0.919. The predicted octanol–water partition coefficient (Wildman–Crippen LogP) is 4.69. The summed E-state index contributed by atoms with van der Waals surface area (Å²) >= 11 is 0. The zero-order valence-corrected chi connectivity index (χ0v) is 32.2. The topological polar surface area (TPSA) is 226 Å². The van der Waals surface area contributed by atoms with E-state index in [1.165, 1.54) is 83.1 Å². The minimum absolute atomic E-state index is 0.241. The second kappa shape index (κ2) is 28.5. The van der Waals surface area contributed by atoms with Crippen molar-refractivity contribution in [1.29, 1.82) is 0 Å². The number of rotatable bonds is 31. The highest BCUT2D eigenvalue weighted by Crippen LogP contribution is 2.47. The molecule has 1 fully saturated rings. The molecule has 0 heterocycles. The Morgan fingerprint density at radius 2 is 1.12 bits per heavy atom. The number of unbranched alkanes of at least 4 members (excludes halogenated alkanes) is 18. The number of phosphoric acid groups is 1. The number of hydrogen-bond acceptors (Lipinski definition) is 11. The summed E-state index contributed by atoms with van der Waals surface area (Å²) in [6.07, 6.45) is 11.9. The standard InChI is InChI=1S/C37H72NO12P/c1-3-5-7-9-11-13-14-15-17-18-20-22-24-28(39)26-31(41)38-29(30(40)25-23-21-19-16-12-10-8-6-4-2)27-49-51(47,48)50-37-35(45)33(43)32(42)34(44)36(37)46/h23,25,28-30,32-37,39-40,42-46H,3-22,24,26-27H2,1-2H3,(H,38,41)(H,47,48)/b25-23+. The molecule has 1 aliphatic carbocycles. The first-order valence-corrected chi connectivity index (χ1v) is 21.2. The first-order chi connectivity index (χ1) is 24.3. The van der Waals surface area contributed by atoms with E-state index in [1.54, 1.807) is 6.08 Å². The van der Waals surface area contributed by atoms with Gasteiger partial charge in [-0.1, -0.05) is 142 Å². The van der Waals surface area contributed by atoms with Crippen molar-refractivity contribution in [1.82, 2.24) is 5.32 Å². The molecule has 1 rings (SSSR count). The van der Waals surface area contributed by atoms with Gasteiger partial charge >= 0.3 is 7.82 Å². The number of carbonyl (C=O) groups excluding carboxylic acids is 1. The number of aliphatic hydroxyl groups excluding tert-OH is 7. The van der Waals surface area contributed by atoms with Crippen LogP contribution >= 0.6 is 7.82 Å². The molecule has 1 aliphatic rings. The van der Waals surface area contributed by atoms with Crippen LogP contribution in [0, 0.1) is 0 Å². The predicted molar refractivity (Wildman–Crippen MR) is 197 cm³/mol. The van der Waals surface area contributed by atoms with Crippen molar-refractivity contribution in [2.45, 2.75) is 210 Å².